The second-order valence-corrected chi connectivity index (χ2v) is 10.7. The number of aliphatic carboxylic acids is 1. The lowest BCUT2D eigenvalue weighted by molar-refractivity contribution is -0.153. The highest BCUT2D eigenvalue weighted by Gasteiger charge is 2.36. The number of amides is 2. The Labute approximate surface area is 254 Å². The van der Waals surface area contributed by atoms with Gasteiger partial charge < -0.3 is 19.9 Å². The lowest BCUT2D eigenvalue weighted by atomic mass is 9.96. The molecule has 0 saturated heterocycles. The highest BCUT2D eigenvalue weighted by atomic mass is 16.5. The van der Waals surface area contributed by atoms with E-state index in [0.717, 1.165) is 36.2 Å². The van der Waals surface area contributed by atoms with E-state index in [-0.39, 0.29) is 12.5 Å². The second-order valence-electron chi connectivity index (χ2n) is 10.7. The zero-order valence-electron chi connectivity index (χ0n) is 24.9. The van der Waals surface area contributed by atoms with Gasteiger partial charge in [0, 0.05) is 24.3 Å². The van der Waals surface area contributed by atoms with Crippen molar-refractivity contribution in [2.24, 2.45) is 0 Å². The largest absolute Gasteiger partial charge is 0.494 e. The summed E-state index contributed by atoms with van der Waals surface area (Å²) in [5.41, 5.74) is 2.24. The molecule has 4 aromatic carbocycles. The highest BCUT2D eigenvalue weighted by molar-refractivity contribution is 6.01. The second kappa shape index (κ2) is 15.4. The molecule has 4 aromatic rings. The summed E-state index contributed by atoms with van der Waals surface area (Å²) in [5, 5.41) is 12.9. The molecular weight excluding hydrogens is 540 g/mol. The smallest absolute Gasteiger partial charge is 0.348 e. The van der Waals surface area contributed by atoms with Crippen LogP contribution in [0.2, 0.25) is 0 Å². The Kier molecular flexibility index (Phi) is 11.2. The predicted molar refractivity (Wildman–Crippen MR) is 171 cm³/mol. The van der Waals surface area contributed by atoms with Crippen molar-refractivity contribution in [3.63, 3.8) is 0 Å². The molecule has 0 aliphatic rings. The Morgan fingerprint density at radius 1 is 0.791 bits per heavy atom. The third-order valence-corrected chi connectivity index (χ3v) is 7.14. The molecule has 7 heteroatoms. The first-order valence-electron chi connectivity index (χ1n) is 14.8. The third kappa shape index (κ3) is 9.36. The van der Waals surface area contributed by atoms with Gasteiger partial charge in [-0.2, -0.15) is 0 Å². The average Bonchev–Trinajstić information content (AvgIpc) is 3.02. The number of carbonyl (C=O) groups is 2. The van der Waals surface area contributed by atoms with Crippen LogP contribution in [-0.4, -0.2) is 35.9 Å². The van der Waals surface area contributed by atoms with Gasteiger partial charge in [0.05, 0.1) is 6.61 Å². The maximum atomic E-state index is 13.3. The summed E-state index contributed by atoms with van der Waals surface area (Å²) in [7, 11) is 0. The zero-order valence-corrected chi connectivity index (χ0v) is 24.9. The van der Waals surface area contributed by atoms with Crippen LogP contribution in [0, 0.1) is 0 Å². The minimum absolute atomic E-state index is 0.195. The van der Waals surface area contributed by atoms with Crippen molar-refractivity contribution in [3.05, 3.63) is 120 Å². The number of unbranched alkanes of at least 4 members (excludes halogenated alkanes) is 1. The van der Waals surface area contributed by atoms with Gasteiger partial charge in [-0.3, -0.25) is 4.90 Å². The number of nitrogens with zero attached hydrogens (tertiary/aromatic N) is 1. The molecule has 0 fully saturated rings. The van der Waals surface area contributed by atoms with E-state index in [1.54, 1.807) is 24.0 Å². The fourth-order valence-electron chi connectivity index (χ4n) is 4.69. The van der Waals surface area contributed by atoms with Crippen molar-refractivity contribution >= 4 is 23.4 Å². The van der Waals surface area contributed by atoms with Crippen molar-refractivity contribution in [1.82, 2.24) is 0 Å². The molecule has 4 rings (SSSR count). The number of para-hydroxylation sites is 2. The Morgan fingerprint density at radius 2 is 1.42 bits per heavy atom. The summed E-state index contributed by atoms with van der Waals surface area (Å²) < 4.78 is 11.8. The Balaban J connectivity index is 1.31. The van der Waals surface area contributed by atoms with Crippen LogP contribution in [0.4, 0.5) is 16.2 Å². The van der Waals surface area contributed by atoms with Crippen molar-refractivity contribution < 1.29 is 24.2 Å². The summed E-state index contributed by atoms with van der Waals surface area (Å²) in [5.74, 6) is 0.141. The summed E-state index contributed by atoms with van der Waals surface area (Å²) in [6.07, 6.45) is 4.14. The number of carboxylic acid groups (broad SMARTS) is 1. The third-order valence-electron chi connectivity index (χ3n) is 7.14. The number of benzene rings is 4. The molecule has 0 aliphatic carbocycles. The Morgan fingerprint density at radius 3 is 2.05 bits per heavy atom. The van der Waals surface area contributed by atoms with Gasteiger partial charge in [0.2, 0.25) is 5.60 Å². The zero-order chi connectivity index (χ0) is 30.5. The highest BCUT2D eigenvalue weighted by Crippen LogP contribution is 2.24. The lowest BCUT2D eigenvalue weighted by Gasteiger charge is -2.26. The van der Waals surface area contributed by atoms with Crippen LogP contribution < -0.4 is 19.7 Å². The number of anilines is 2. The standard InChI is InChI=1S/C36H40N2O5/c1-3-4-12-28-17-21-30(22-18-28)37-35(41)38(31-13-7-5-8-14-31)25-11-26-42-32-23-19-29(20-24-32)27-36(2,34(39)40)43-33-15-9-6-10-16-33/h5-10,13-24H,3-4,11-12,25-27H2,1-2H3,(H,37,41)(H,39,40)/t36-/m1/s1. The molecule has 0 spiro atoms. The fourth-order valence-corrected chi connectivity index (χ4v) is 4.69. The molecule has 43 heavy (non-hydrogen) atoms. The van der Waals surface area contributed by atoms with Gasteiger partial charge in [0.15, 0.2) is 0 Å². The van der Waals surface area contributed by atoms with E-state index >= 15 is 0 Å². The van der Waals surface area contributed by atoms with Gasteiger partial charge in [-0.1, -0.05) is 74.0 Å². The average molecular weight is 581 g/mol. The monoisotopic (exact) mass is 580 g/mol. The topological polar surface area (TPSA) is 88.1 Å². The number of rotatable bonds is 15. The van der Waals surface area contributed by atoms with E-state index in [4.69, 9.17) is 9.47 Å². The number of ether oxygens (including phenoxy) is 2. The molecule has 0 radical (unpaired) electrons. The van der Waals surface area contributed by atoms with Crippen molar-refractivity contribution in [1.29, 1.82) is 0 Å². The number of urea groups is 1. The minimum atomic E-state index is -1.41. The first-order valence-corrected chi connectivity index (χ1v) is 14.8. The Bertz CT molecular complexity index is 1430. The van der Waals surface area contributed by atoms with E-state index < -0.39 is 11.6 Å². The maximum Gasteiger partial charge on any atom is 0.348 e. The normalized spacial score (nSPS) is 12.1. The van der Waals surface area contributed by atoms with Crippen LogP contribution >= 0.6 is 0 Å². The van der Waals surface area contributed by atoms with E-state index in [1.807, 2.05) is 84.9 Å². The molecular formula is C36H40N2O5. The van der Waals surface area contributed by atoms with Gasteiger partial charge in [-0.15, -0.1) is 0 Å². The number of nitrogens with one attached hydrogen (secondary N) is 1. The van der Waals surface area contributed by atoms with Crippen molar-refractivity contribution in [2.75, 3.05) is 23.4 Å². The lowest BCUT2D eigenvalue weighted by Crippen LogP contribution is -2.43. The maximum absolute atomic E-state index is 13.3. The number of carboxylic acids is 1. The van der Waals surface area contributed by atoms with Gasteiger partial charge in [0.25, 0.3) is 0 Å². The van der Waals surface area contributed by atoms with E-state index in [0.29, 0.717) is 31.1 Å². The molecule has 2 amide bonds. The van der Waals surface area contributed by atoms with Gasteiger partial charge >= 0.3 is 12.0 Å². The van der Waals surface area contributed by atoms with Crippen LogP contribution in [0.3, 0.4) is 0 Å². The predicted octanol–water partition coefficient (Wildman–Crippen LogP) is 8.00. The van der Waals surface area contributed by atoms with Crippen LogP contribution in [0.5, 0.6) is 11.5 Å². The van der Waals surface area contributed by atoms with Crippen molar-refractivity contribution in [2.45, 2.75) is 51.6 Å². The quantitative estimate of drug-likeness (QED) is 0.139. The van der Waals surface area contributed by atoms with Crippen molar-refractivity contribution in [3.8, 4) is 11.5 Å². The van der Waals surface area contributed by atoms with E-state index in [1.165, 1.54) is 5.56 Å². The first kappa shape index (κ1) is 31.2. The summed E-state index contributed by atoms with van der Waals surface area (Å²) in [6.45, 7) is 4.63. The van der Waals surface area contributed by atoms with Gasteiger partial charge in [-0.05, 0) is 85.8 Å². The molecule has 0 bridgehead atoms. The molecule has 224 valence electrons. The van der Waals surface area contributed by atoms with Crippen LogP contribution in [-0.2, 0) is 17.6 Å². The number of aryl methyl sites for hydroxylation is 1. The first-order chi connectivity index (χ1) is 20.9. The van der Waals surface area contributed by atoms with Crippen LogP contribution in [0.15, 0.2) is 109 Å². The van der Waals surface area contributed by atoms with Gasteiger partial charge in [0.1, 0.15) is 11.5 Å². The van der Waals surface area contributed by atoms with Crippen LogP contribution in [0.1, 0.15) is 44.2 Å². The fraction of sp³-hybridized carbons (Fsp3) is 0.278. The molecule has 7 nitrogen and oxygen atoms in total. The molecule has 1 atom stereocenters. The summed E-state index contributed by atoms with van der Waals surface area (Å²) in [6, 6.07) is 33.7. The molecule has 0 aliphatic heterocycles. The molecule has 0 heterocycles. The number of hydrogen-bond donors (Lipinski definition) is 2. The summed E-state index contributed by atoms with van der Waals surface area (Å²) >= 11 is 0. The SMILES string of the molecule is CCCCc1ccc(NC(=O)N(CCCOc2ccc(C[C@@](C)(Oc3ccccc3)C(=O)O)cc2)c2ccccc2)cc1. The van der Waals surface area contributed by atoms with Gasteiger partial charge in [-0.25, -0.2) is 9.59 Å². The molecule has 0 unspecified atom stereocenters. The Hall–Kier alpha value is -4.78. The van der Waals surface area contributed by atoms with Crippen LogP contribution in [0.25, 0.3) is 0 Å². The molecule has 2 N–H and O–H groups in total. The van der Waals surface area contributed by atoms with E-state index in [2.05, 4.69) is 24.4 Å². The number of carbonyl (C=O) groups excluding carboxylic acids is 1. The minimum Gasteiger partial charge on any atom is -0.494 e. The number of hydrogen-bond acceptors (Lipinski definition) is 4. The molecule has 0 saturated carbocycles. The molecule has 0 aromatic heterocycles. The summed E-state index contributed by atoms with van der Waals surface area (Å²) in [4.78, 5) is 27.0. The van der Waals surface area contributed by atoms with E-state index in [9.17, 15) is 14.7 Å².